The number of hydrogen-bond donors (Lipinski definition) is 1. The van der Waals surface area contributed by atoms with Crippen LogP contribution in [-0.2, 0) is 22.6 Å². The number of carbonyl (C=O) groups excluding carboxylic acids is 1. The van der Waals surface area contributed by atoms with Crippen LogP contribution < -0.4 is 15.4 Å². The second-order valence-electron chi connectivity index (χ2n) is 11.0. The van der Waals surface area contributed by atoms with Crippen molar-refractivity contribution in [3.05, 3.63) is 45.5 Å². The van der Waals surface area contributed by atoms with Crippen molar-refractivity contribution in [2.75, 3.05) is 36.9 Å². The lowest BCUT2D eigenvalue weighted by Crippen LogP contribution is -2.32. The topological polar surface area (TPSA) is 137 Å². The Bertz CT molecular complexity index is 1200. The first-order valence-corrected chi connectivity index (χ1v) is 13.4. The molecule has 1 aromatic carbocycles. The van der Waals surface area contributed by atoms with Gasteiger partial charge in [0.15, 0.2) is 0 Å². The zero-order valence-electron chi connectivity index (χ0n) is 22.1. The summed E-state index contributed by atoms with van der Waals surface area (Å²) < 4.78 is 11.2. The summed E-state index contributed by atoms with van der Waals surface area (Å²) >= 11 is 0. The third-order valence-corrected chi connectivity index (χ3v) is 8.00. The van der Waals surface area contributed by atoms with Crippen molar-refractivity contribution in [3.63, 3.8) is 0 Å². The highest BCUT2D eigenvalue weighted by Gasteiger charge is 2.57. The van der Waals surface area contributed by atoms with Gasteiger partial charge in [-0.2, -0.15) is 9.97 Å². The first kappa shape index (κ1) is 26.1. The minimum atomic E-state index is -0.609. The van der Waals surface area contributed by atoms with Crippen LogP contribution in [0.1, 0.15) is 57.1 Å². The van der Waals surface area contributed by atoms with Crippen LogP contribution in [0.5, 0.6) is 6.01 Å². The molecule has 1 unspecified atom stereocenters. The van der Waals surface area contributed by atoms with Gasteiger partial charge in [-0.3, -0.25) is 19.8 Å². The molecule has 2 heterocycles. The largest absolute Gasteiger partial charge is 0.465 e. The lowest BCUT2D eigenvalue weighted by molar-refractivity contribution is -0.383. The summed E-state index contributed by atoms with van der Waals surface area (Å²) in [6.07, 6.45) is 5.35. The summed E-state index contributed by atoms with van der Waals surface area (Å²) in [4.78, 5) is 36.5. The van der Waals surface area contributed by atoms with Crippen LogP contribution in [0.2, 0.25) is 0 Å². The quantitative estimate of drug-likeness (QED) is 0.263. The van der Waals surface area contributed by atoms with Crippen LogP contribution in [0.4, 0.5) is 17.3 Å². The number of aromatic nitrogens is 2. The van der Waals surface area contributed by atoms with Crippen molar-refractivity contribution in [3.8, 4) is 6.01 Å². The van der Waals surface area contributed by atoms with Gasteiger partial charge in [0, 0.05) is 13.1 Å². The molecule has 1 aromatic heterocycles. The number of hydrogen-bond acceptors (Lipinski definition) is 10. The van der Waals surface area contributed by atoms with Crippen molar-refractivity contribution < 1.29 is 19.2 Å². The number of fused-ring (bicyclic) bond motifs is 1. The standard InChI is InChI=1S/C27H36N6O5/c1-3-37-22(34)17-32(16-19-8-6-7-18(11-19)15-31-9-4-5-10-31)25-23(33(35)36)24(28)29-26(30-25)38-21-12-20-13-27(20,2)14-21/h6-8,11,20-21H,3-5,9-10,12-17H2,1-2H3,(H2,28,29,30)/t20-,21-,27?/m1/s1. The van der Waals surface area contributed by atoms with Crippen molar-refractivity contribution in [2.45, 2.75) is 65.1 Å². The number of nitrogens with zero attached hydrogens (tertiary/aromatic N) is 5. The molecule has 204 valence electrons. The van der Waals surface area contributed by atoms with Gasteiger partial charge in [0.2, 0.25) is 11.6 Å². The molecule has 0 spiro atoms. The predicted octanol–water partition coefficient (Wildman–Crippen LogP) is 3.70. The minimum absolute atomic E-state index is 0.00496. The third-order valence-electron chi connectivity index (χ3n) is 8.00. The van der Waals surface area contributed by atoms with E-state index in [2.05, 4.69) is 33.9 Å². The Hall–Kier alpha value is -3.47. The van der Waals surface area contributed by atoms with Crippen LogP contribution in [0.25, 0.3) is 0 Å². The van der Waals surface area contributed by atoms with E-state index < -0.39 is 16.6 Å². The molecule has 1 saturated heterocycles. The van der Waals surface area contributed by atoms with Gasteiger partial charge in [0.25, 0.3) is 0 Å². The van der Waals surface area contributed by atoms with Gasteiger partial charge in [0.05, 0.1) is 11.5 Å². The Morgan fingerprint density at radius 1 is 1.26 bits per heavy atom. The number of nitrogens with two attached hydrogens (primary N) is 1. The van der Waals surface area contributed by atoms with E-state index >= 15 is 0 Å². The van der Waals surface area contributed by atoms with Crippen molar-refractivity contribution in [2.24, 2.45) is 11.3 Å². The highest BCUT2D eigenvalue weighted by Crippen LogP contribution is 2.63. The molecule has 2 N–H and O–H groups in total. The molecule has 0 amide bonds. The first-order chi connectivity index (χ1) is 18.2. The number of rotatable bonds is 11. The summed E-state index contributed by atoms with van der Waals surface area (Å²) in [6.45, 7) is 7.12. The summed E-state index contributed by atoms with van der Waals surface area (Å²) in [5.41, 5.74) is 7.97. The monoisotopic (exact) mass is 524 g/mol. The number of likely N-dealkylation sites (tertiary alicyclic amines) is 1. The Morgan fingerprint density at radius 2 is 2.03 bits per heavy atom. The maximum absolute atomic E-state index is 12.6. The van der Waals surface area contributed by atoms with Gasteiger partial charge < -0.3 is 20.1 Å². The fourth-order valence-corrected chi connectivity index (χ4v) is 5.98. The maximum atomic E-state index is 12.6. The molecule has 0 bridgehead atoms. The van der Waals surface area contributed by atoms with Crippen LogP contribution in [-0.4, -0.2) is 58.1 Å². The lowest BCUT2D eigenvalue weighted by Gasteiger charge is -2.24. The minimum Gasteiger partial charge on any atom is -0.465 e. The Balaban J connectivity index is 1.43. The second kappa shape index (κ2) is 10.7. The van der Waals surface area contributed by atoms with Gasteiger partial charge in [-0.1, -0.05) is 31.2 Å². The second-order valence-corrected chi connectivity index (χ2v) is 11.0. The fraction of sp³-hybridized carbons (Fsp3) is 0.593. The molecular weight excluding hydrogens is 488 g/mol. The molecule has 3 atom stereocenters. The number of anilines is 2. The summed E-state index contributed by atoms with van der Waals surface area (Å²) in [6, 6.07) is 8.03. The summed E-state index contributed by atoms with van der Waals surface area (Å²) in [5, 5.41) is 12.1. The number of nitro groups is 1. The van der Waals surface area contributed by atoms with Crippen molar-refractivity contribution >= 4 is 23.3 Å². The Labute approximate surface area is 222 Å². The predicted molar refractivity (Wildman–Crippen MR) is 142 cm³/mol. The molecule has 1 aliphatic heterocycles. The van der Waals surface area contributed by atoms with E-state index in [0.29, 0.717) is 11.3 Å². The van der Waals surface area contributed by atoms with E-state index in [1.165, 1.54) is 24.2 Å². The van der Waals surface area contributed by atoms with E-state index in [-0.39, 0.29) is 43.4 Å². The smallest absolute Gasteiger partial charge is 0.353 e. The zero-order chi connectivity index (χ0) is 26.9. The molecule has 3 fully saturated rings. The van der Waals surface area contributed by atoms with Gasteiger partial charge >= 0.3 is 17.7 Å². The first-order valence-electron chi connectivity index (χ1n) is 13.4. The number of carbonyl (C=O) groups is 1. The summed E-state index contributed by atoms with van der Waals surface area (Å²) in [7, 11) is 0. The van der Waals surface area contributed by atoms with Crippen LogP contribution in [0.15, 0.2) is 24.3 Å². The van der Waals surface area contributed by atoms with Crippen molar-refractivity contribution in [1.29, 1.82) is 0 Å². The van der Waals surface area contributed by atoms with Gasteiger partial charge in [0.1, 0.15) is 12.6 Å². The average molecular weight is 525 g/mol. The molecule has 0 radical (unpaired) electrons. The third kappa shape index (κ3) is 5.82. The molecule has 3 aliphatic rings. The molecular formula is C27H36N6O5. The molecule has 11 nitrogen and oxygen atoms in total. The van der Waals surface area contributed by atoms with E-state index in [1.807, 2.05) is 12.1 Å². The molecule has 2 saturated carbocycles. The Kier molecular flexibility index (Phi) is 7.38. The number of esters is 1. The van der Waals surface area contributed by atoms with Crippen LogP contribution >= 0.6 is 0 Å². The van der Waals surface area contributed by atoms with Crippen LogP contribution in [0, 0.1) is 21.4 Å². The molecule has 11 heteroatoms. The Morgan fingerprint density at radius 3 is 2.71 bits per heavy atom. The number of nitrogen functional groups attached to an aromatic ring is 1. The van der Waals surface area contributed by atoms with Gasteiger partial charge in [-0.05, 0) is 74.6 Å². The fourth-order valence-electron chi connectivity index (χ4n) is 5.98. The van der Waals surface area contributed by atoms with E-state index in [4.69, 9.17) is 15.2 Å². The van der Waals surface area contributed by atoms with E-state index in [0.717, 1.165) is 43.6 Å². The molecule has 38 heavy (non-hydrogen) atoms. The van der Waals surface area contributed by atoms with Gasteiger partial charge in [-0.25, -0.2) is 0 Å². The van der Waals surface area contributed by atoms with Crippen molar-refractivity contribution in [1.82, 2.24) is 14.9 Å². The molecule has 2 aliphatic carbocycles. The van der Waals surface area contributed by atoms with Crippen LogP contribution in [0.3, 0.4) is 0 Å². The highest BCUT2D eigenvalue weighted by atomic mass is 16.6. The van der Waals surface area contributed by atoms with E-state index in [1.54, 1.807) is 6.92 Å². The number of benzene rings is 1. The normalized spacial score (nSPS) is 24.2. The average Bonchev–Trinajstić information content (AvgIpc) is 3.16. The SMILES string of the molecule is CCOC(=O)CN(Cc1cccc(CN2CCCC2)c1)c1nc(O[C@@H]2C[C@@H]3CC3(C)C2)nc(N)c1[N+](=O)[O-]. The molecule has 2 aromatic rings. The van der Waals surface area contributed by atoms with Gasteiger partial charge in [-0.15, -0.1) is 0 Å². The molecule has 5 rings (SSSR count). The number of ether oxygens (including phenoxy) is 2. The highest BCUT2D eigenvalue weighted by molar-refractivity contribution is 5.78. The maximum Gasteiger partial charge on any atom is 0.353 e. The summed E-state index contributed by atoms with van der Waals surface area (Å²) in [5.74, 6) is -0.222. The van der Waals surface area contributed by atoms with E-state index in [9.17, 15) is 14.9 Å². The zero-order valence-corrected chi connectivity index (χ0v) is 22.1. The lowest BCUT2D eigenvalue weighted by atomic mass is 10.1.